The van der Waals surface area contributed by atoms with Crippen LogP contribution in [0.2, 0.25) is 0 Å². The second-order valence-electron chi connectivity index (χ2n) is 21.3. The van der Waals surface area contributed by atoms with Gasteiger partial charge in [0, 0.05) is 113 Å². The van der Waals surface area contributed by atoms with Gasteiger partial charge in [-0.2, -0.15) is 9.97 Å². The Morgan fingerprint density at radius 1 is 0.946 bits per heavy atom. The molecule has 5 saturated heterocycles. The lowest BCUT2D eigenvalue weighted by atomic mass is 9.65. The zero-order valence-electron chi connectivity index (χ0n) is 41.8. The van der Waals surface area contributed by atoms with Gasteiger partial charge in [-0.05, 0) is 104 Å². The second-order valence-corrected chi connectivity index (χ2v) is 21.3. The number of aromatic nitrogens is 3. The van der Waals surface area contributed by atoms with E-state index in [4.69, 9.17) is 26.6 Å². The van der Waals surface area contributed by atoms with Crippen LogP contribution < -0.4 is 35.6 Å². The number of phenols is 1. The van der Waals surface area contributed by atoms with Gasteiger partial charge in [-0.1, -0.05) is 12.0 Å². The molecule has 7 heterocycles. The number of amides is 4. The molecule has 4 amide bonds. The lowest BCUT2D eigenvalue weighted by Crippen LogP contribution is -2.52. The third-order valence-electron chi connectivity index (χ3n) is 16.6. The number of ether oxygens (including phenoxy) is 2. The number of nitrogens with two attached hydrogens (primary N) is 1. The van der Waals surface area contributed by atoms with E-state index in [1.54, 1.807) is 18.2 Å². The summed E-state index contributed by atoms with van der Waals surface area (Å²) in [6, 6.07) is 10.3. The van der Waals surface area contributed by atoms with Crippen molar-refractivity contribution < 1.29 is 37.7 Å². The van der Waals surface area contributed by atoms with Gasteiger partial charge < -0.3 is 40.3 Å². The minimum atomic E-state index is -0.771. The van der Waals surface area contributed by atoms with Crippen molar-refractivity contribution in [3.8, 4) is 41.1 Å². The number of hydrogen-bond donors (Lipinski definition) is 4. The number of pyridine rings is 1. The fourth-order valence-electron chi connectivity index (χ4n) is 12.5. The van der Waals surface area contributed by atoms with Gasteiger partial charge in [-0.25, -0.2) is 13.6 Å². The standard InChI is InChI=1S/C55H63F2N11O6/c1-3-40-43(56)8-4-34-24-39(69)26-41(47(34)40)49-48(57)50-42(27-59-49)51(67-30-37-6-7-38(31-67)60-37)63-53(62-50)74-32-36(58)29-65-22-20-64(21-23-65)28-33-10-13-55(14-11-33)15-18-66(19-16-55)52(71)35-5-9-45(73-2)44(25-35)68-17-12-46(70)61-54(68)72/h1,4-5,8-9,24-27,33,36-38,60,69H,6-7,10-23,28-32,58H2,2H3,(H,61,70,72). The highest BCUT2D eigenvalue weighted by Crippen LogP contribution is 2.47. The highest BCUT2D eigenvalue weighted by atomic mass is 19.1. The number of terminal acetylenes is 1. The maximum atomic E-state index is 17.1. The zero-order valence-corrected chi connectivity index (χ0v) is 41.8. The number of anilines is 2. The number of carbonyl (C=O) groups is 3. The first kappa shape index (κ1) is 49.5. The minimum absolute atomic E-state index is 0.00618. The Bertz CT molecular complexity index is 3020. The van der Waals surface area contributed by atoms with E-state index in [-0.39, 0.29) is 94.4 Å². The Balaban J connectivity index is 0.682. The third kappa shape index (κ3) is 9.87. The predicted octanol–water partition coefficient (Wildman–Crippen LogP) is 5.64. The van der Waals surface area contributed by atoms with Gasteiger partial charge >= 0.3 is 12.0 Å². The number of aromatic hydroxyl groups is 1. The number of nitrogens with one attached hydrogen (secondary N) is 2. The quantitative estimate of drug-likeness (QED) is 0.112. The van der Waals surface area contributed by atoms with Crippen LogP contribution in [0, 0.1) is 35.3 Å². The fraction of sp³-hybridized carbons (Fsp3) is 0.491. The van der Waals surface area contributed by atoms with Crippen molar-refractivity contribution in [2.75, 3.05) is 95.5 Å². The van der Waals surface area contributed by atoms with Gasteiger partial charge in [0.15, 0.2) is 5.82 Å². The van der Waals surface area contributed by atoms with Crippen LogP contribution in [0.4, 0.5) is 25.1 Å². The maximum Gasteiger partial charge on any atom is 0.328 e. The summed E-state index contributed by atoms with van der Waals surface area (Å²) in [4.78, 5) is 62.6. The molecule has 74 heavy (non-hydrogen) atoms. The van der Waals surface area contributed by atoms with E-state index >= 15 is 8.78 Å². The summed E-state index contributed by atoms with van der Waals surface area (Å²) in [5.74, 6) is 2.07. The molecule has 3 atom stereocenters. The number of hydrogen-bond acceptors (Lipinski definition) is 14. The van der Waals surface area contributed by atoms with E-state index in [9.17, 15) is 19.5 Å². The number of piperazine rings is 2. The van der Waals surface area contributed by atoms with Gasteiger partial charge in [-0.3, -0.25) is 29.7 Å². The third-order valence-corrected chi connectivity index (χ3v) is 16.6. The molecular weight excluding hydrogens is 949 g/mol. The molecule has 5 aliphatic heterocycles. The molecule has 2 aromatic heterocycles. The van der Waals surface area contributed by atoms with Crippen LogP contribution in [0.1, 0.15) is 73.7 Å². The molecule has 6 aliphatic rings. The lowest BCUT2D eigenvalue weighted by molar-refractivity contribution is -0.120. The molecule has 19 heteroatoms. The smallest absolute Gasteiger partial charge is 0.328 e. The van der Waals surface area contributed by atoms with Crippen LogP contribution in [0.5, 0.6) is 17.5 Å². The summed E-state index contributed by atoms with van der Waals surface area (Å²) >= 11 is 0. The van der Waals surface area contributed by atoms with Crippen molar-refractivity contribution in [2.24, 2.45) is 17.1 Å². The number of phenolic OH excluding ortho intramolecular Hbond substituents is 1. The Morgan fingerprint density at radius 3 is 2.41 bits per heavy atom. The SMILES string of the molecule is C#Cc1c(F)ccc2cc(O)cc(-c3ncc4c(N5CC6CCC(C5)N6)nc(OCC(N)CN5CCN(CC6CCC7(CC6)CCN(C(=O)c6ccc(OC)c(N8CCC(=O)NC8=O)c6)CC7)CC5)nc4c3F)c12. The molecule has 17 nitrogen and oxygen atoms in total. The maximum absolute atomic E-state index is 17.1. The number of halogens is 2. The van der Waals surface area contributed by atoms with Gasteiger partial charge in [0.2, 0.25) is 5.91 Å². The zero-order chi connectivity index (χ0) is 51.3. The Kier molecular flexibility index (Phi) is 13.7. The van der Waals surface area contributed by atoms with Crippen LogP contribution in [0.3, 0.4) is 0 Å². The summed E-state index contributed by atoms with van der Waals surface area (Å²) in [5, 5.41) is 17.8. The molecular formula is C55H63F2N11O6. The highest BCUT2D eigenvalue weighted by Gasteiger charge is 2.40. The molecule has 1 spiro atoms. The first-order valence-corrected chi connectivity index (χ1v) is 26.1. The van der Waals surface area contributed by atoms with Crippen LogP contribution in [0.25, 0.3) is 32.9 Å². The van der Waals surface area contributed by atoms with Crippen molar-refractivity contribution in [3.63, 3.8) is 0 Å². The molecule has 6 fully saturated rings. The van der Waals surface area contributed by atoms with Crippen LogP contribution in [-0.2, 0) is 4.79 Å². The molecule has 1 aliphatic carbocycles. The number of piperidine rings is 1. The van der Waals surface area contributed by atoms with E-state index in [1.165, 1.54) is 55.3 Å². The lowest BCUT2D eigenvalue weighted by Gasteiger charge is -2.47. The largest absolute Gasteiger partial charge is 0.508 e. The topological polar surface area (TPSA) is 195 Å². The monoisotopic (exact) mass is 1010 g/mol. The predicted molar refractivity (Wildman–Crippen MR) is 276 cm³/mol. The normalized spacial score (nSPS) is 22.1. The summed E-state index contributed by atoms with van der Waals surface area (Å²) in [6.45, 7) is 8.41. The van der Waals surface area contributed by atoms with E-state index in [2.05, 4.69) is 41.2 Å². The van der Waals surface area contributed by atoms with Gasteiger partial charge in [0.25, 0.3) is 5.91 Å². The highest BCUT2D eigenvalue weighted by molar-refractivity contribution is 6.07. The van der Waals surface area contributed by atoms with E-state index in [0.29, 0.717) is 72.2 Å². The molecule has 0 radical (unpaired) electrons. The number of carbonyl (C=O) groups excluding carboxylic acids is 3. The molecule has 1 saturated carbocycles. The van der Waals surface area contributed by atoms with E-state index in [0.717, 1.165) is 71.2 Å². The molecule has 11 rings (SSSR count). The number of methoxy groups -OCH3 is 1. The number of fused-ring (bicyclic) bond motifs is 4. The molecule has 3 aromatic carbocycles. The van der Waals surface area contributed by atoms with Crippen LogP contribution >= 0.6 is 0 Å². The van der Waals surface area contributed by atoms with Crippen molar-refractivity contribution >= 4 is 51.0 Å². The molecule has 5 N–H and O–H groups in total. The average molecular weight is 1010 g/mol. The molecule has 2 bridgehead atoms. The number of urea groups is 1. The average Bonchev–Trinajstić information content (AvgIpc) is 3.75. The summed E-state index contributed by atoms with van der Waals surface area (Å²) in [6.07, 6.45) is 16.2. The molecule has 5 aromatic rings. The summed E-state index contributed by atoms with van der Waals surface area (Å²) < 4.78 is 43.8. The van der Waals surface area contributed by atoms with Crippen molar-refractivity contribution in [1.29, 1.82) is 0 Å². The number of nitrogens with zero attached hydrogens (tertiary/aromatic N) is 8. The van der Waals surface area contributed by atoms with Gasteiger partial charge in [0.1, 0.15) is 41.0 Å². The van der Waals surface area contributed by atoms with Gasteiger partial charge in [-0.15, -0.1) is 6.42 Å². The van der Waals surface area contributed by atoms with E-state index in [1.807, 2.05) is 4.90 Å². The van der Waals surface area contributed by atoms with Crippen LogP contribution in [-0.4, -0.2) is 156 Å². The Labute approximate surface area is 428 Å². The fourth-order valence-corrected chi connectivity index (χ4v) is 12.5. The van der Waals surface area contributed by atoms with Crippen molar-refractivity contribution in [1.82, 2.24) is 40.3 Å². The first-order chi connectivity index (χ1) is 35.8. The minimum Gasteiger partial charge on any atom is -0.508 e. The van der Waals surface area contributed by atoms with Crippen molar-refractivity contribution in [3.05, 3.63) is 71.4 Å². The number of benzene rings is 3. The molecule has 388 valence electrons. The number of imide groups is 1. The summed E-state index contributed by atoms with van der Waals surface area (Å²) in [7, 11) is 1.52. The van der Waals surface area contributed by atoms with Crippen LogP contribution in [0.15, 0.2) is 48.7 Å². The first-order valence-electron chi connectivity index (χ1n) is 26.1. The summed E-state index contributed by atoms with van der Waals surface area (Å²) in [5.41, 5.74) is 7.89. The van der Waals surface area contributed by atoms with E-state index < -0.39 is 17.7 Å². The Morgan fingerprint density at radius 2 is 1.69 bits per heavy atom. The number of rotatable bonds is 12. The van der Waals surface area contributed by atoms with Gasteiger partial charge in [0.05, 0.1) is 29.8 Å². The molecule has 3 unspecified atom stereocenters. The Hall–Kier alpha value is -6.72. The van der Waals surface area contributed by atoms with Crippen molar-refractivity contribution in [2.45, 2.75) is 75.9 Å². The number of likely N-dealkylation sites (tertiary alicyclic amines) is 1. The second kappa shape index (κ2) is 20.5.